The van der Waals surface area contributed by atoms with Crippen LogP contribution in [0.5, 0.6) is 5.88 Å². The SMILES string of the molecule is CC(C)NCCOc1c([N+](=O)[O-])c(C(C)C)nn1C. The molecule has 1 N–H and O–H groups in total. The molecule has 0 amide bonds. The molecule has 1 aromatic rings. The number of hydrogen-bond acceptors (Lipinski definition) is 5. The van der Waals surface area contributed by atoms with E-state index in [9.17, 15) is 10.1 Å². The molecule has 1 aromatic heterocycles. The molecule has 0 aliphatic rings. The van der Waals surface area contributed by atoms with Gasteiger partial charge in [-0.1, -0.05) is 27.7 Å². The van der Waals surface area contributed by atoms with E-state index in [2.05, 4.69) is 10.4 Å². The number of aryl methyl sites for hydroxylation is 1. The number of nitrogens with one attached hydrogen (secondary N) is 1. The number of rotatable bonds is 7. The van der Waals surface area contributed by atoms with Crippen molar-refractivity contribution in [2.45, 2.75) is 39.7 Å². The van der Waals surface area contributed by atoms with Crippen molar-refractivity contribution >= 4 is 5.69 Å². The van der Waals surface area contributed by atoms with E-state index >= 15 is 0 Å². The van der Waals surface area contributed by atoms with Crippen LogP contribution in [-0.4, -0.2) is 33.9 Å². The molecule has 0 fully saturated rings. The number of ether oxygens (including phenoxy) is 1. The fraction of sp³-hybridized carbons (Fsp3) is 0.750. The Kier molecular flexibility index (Phi) is 5.29. The predicted octanol–water partition coefficient (Wildman–Crippen LogP) is 1.83. The molecule has 1 heterocycles. The lowest BCUT2D eigenvalue weighted by molar-refractivity contribution is -0.386. The molecule has 1 rings (SSSR count). The Labute approximate surface area is 113 Å². The van der Waals surface area contributed by atoms with Crippen molar-refractivity contribution in [1.82, 2.24) is 15.1 Å². The second kappa shape index (κ2) is 6.51. The van der Waals surface area contributed by atoms with Gasteiger partial charge in [-0.15, -0.1) is 0 Å². The van der Waals surface area contributed by atoms with Gasteiger partial charge in [-0.05, 0) is 0 Å². The summed E-state index contributed by atoms with van der Waals surface area (Å²) in [6.07, 6.45) is 0. The number of hydrogen-bond donors (Lipinski definition) is 1. The van der Waals surface area contributed by atoms with Crippen LogP contribution in [0.3, 0.4) is 0 Å². The molecule has 0 atom stereocenters. The number of aromatic nitrogens is 2. The Morgan fingerprint density at radius 2 is 2.05 bits per heavy atom. The van der Waals surface area contributed by atoms with Crippen LogP contribution in [0.25, 0.3) is 0 Å². The normalized spacial score (nSPS) is 11.3. The average Bonchev–Trinajstić information content (AvgIpc) is 2.62. The molecule has 0 aromatic carbocycles. The molecule has 0 spiro atoms. The van der Waals surface area contributed by atoms with Gasteiger partial charge < -0.3 is 10.1 Å². The van der Waals surface area contributed by atoms with Gasteiger partial charge in [0, 0.05) is 25.6 Å². The van der Waals surface area contributed by atoms with Crippen LogP contribution in [0.4, 0.5) is 5.69 Å². The first-order chi connectivity index (χ1) is 8.84. The van der Waals surface area contributed by atoms with E-state index in [1.165, 1.54) is 4.68 Å². The summed E-state index contributed by atoms with van der Waals surface area (Å²) in [5.74, 6) is 0.206. The van der Waals surface area contributed by atoms with Crippen molar-refractivity contribution in [2.24, 2.45) is 7.05 Å². The van der Waals surface area contributed by atoms with Crippen LogP contribution in [0.2, 0.25) is 0 Å². The van der Waals surface area contributed by atoms with Crippen LogP contribution < -0.4 is 10.1 Å². The summed E-state index contributed by atoms with van der Waals surface area (Å²) in [5.41, 5.74) is 0.432. The maximum atomic E-state index is 11.2. The maximum Gasteiger partial charge on any atom is 0.353 e. The van der Waals surface area contributed by atoms with Crippen molar-refractivity contribution in [3.05, 3.63) is 15.8 Å². The zero-order chi connectivity index (χ0) is 14.6. The van der Waals surface area contributed by atoms with Crippen molar-refractivity contribution in [3.8, 4) is 5.88 Å². The molecule has 0 saturated carbocycles. The summed E-state index contributed by atoms with van der Waals surface area (Å²) >= 11 is 0. The van der Waals surface area contributed by atoms with Gasteiger partial charge in [0.1, 0.15) is 12.3 Å². The van der Waals surface area contributed by atoms with Crippen molar-refractivity contribution in [1.29, 1.82) is 0 Å². The Hall–Kier alpha value is -1.63. The lowest BCUT2D eigenvalue weighted by atomic mass is 10.1. The van der Waals surface area contributed by atoms with Gasteiger partial charge in [0.25, 0.3) is 5.88 Å². The maximum absolute atomic E-state index is 11.2. The van der Waals surface area contributed by atoms with Crippen LogP contribution >= 0.6 is 0 Å². The predicted molar refractivity (Wildman–Crippen MR) is 72.6 cm³/mol. The summed E-state index contributed by atoms with van der Waals surface area (Å²) < 4.78 is 6.94. The van der Waals surface area contributed by atoms with Gasteiger partial charge in [-0.2, -0.15) is 5.10 Å². The van der Waals surface area contributed by atoms with Gasteiger partial charge in [-0.25, -0.2) is 4.68 Å². The van der Waals surface area contributed by atoms with Crippen LogP contribution in [-0.2, 0) is 7.05 Å². The van der Waals surface area contributed by atoms with Crippen LogP contribution in [0, 0.1) is 10.1 Å². The highest BCUT2D eigenvalue weighted by Crippen LogP contribution is 2.34. The smallest absolute Gasteiger partial charge is 0.353 e. The van der Waals surface area contributed by atoms with Gasteiger partial charge >= 0.3 is 5.69 Å². The van der Waals surface area contributed by atoms with E-state index in [-0.39, 0.29) is 17.5 Å². The molecule has 0 bridgehead atoms. The third kappa shape index (κ3) is 3.92. The van der Waals surface area contributed by atoms with Crippen molar-refractivity contribution in [2.75, 3.05) is 13.2 Å². The molecule has 0 aliphatic carbocycles. The second-order valence-corrected chi connectivity index (χ2v) is 5.03. The second-order valence-electron chi connectivity index (χ2n) is 5.03. The van der Waals surface area contributed by atoms with Crippen LogP contribution in [0.15, 0.2) is 0 Å². The fourth-order valence-corrected chi connectivity index (χ4v) is 1.73. The van der Waals surface area contributed by atoms with Gasteiger partial charge in [-0.3, -0.25) is 10.1 Å². The fourth-order valence-electron chi connectivity index (χ4n) is 1.73. The zero-order valence-electron chi connectivity index (χ0n) is 12.1. The summed E-state index contributed by atoms with van der Waals surface area (Å²) in [6.45, 7) is 8.82. The topological polar surface area (TPSA) is 82.2 Å². The first-order valence-electron chi connectivity index (χ1n) is 6.42. The minimum Gasteiger partial charge on any atom is -0.472 e. The van der Waals surface area contributed by atoms with Gasteiger partial charge in [0.2, 0.25) is 0 Å². The molecule has 0 radical (unpaired) electrons. The summed E-state index contributed by atoms with van der Waals surface area (Å²) in [6, 6.07) is 0.358. The lowest BCUT2D eigenvalue weighted by Gasteiger charge is -2.09. The average molecular weight is 270 g/mol. The minimum absolute atomic E-state index is 0.0160. The van der Waals surface area contributed by atoms with E-state index in [1.54, 1.807) is 7.05 Å². The Bertz CT molecular complexity index is 440. The molecule has 108 valence electrons. The Balaban J connectivity index is 2.84. The Morgan fingerprint density at radius 3 is 2.53 bits per heavy atom. The standard InChI is InChI=1S/C12H22N4O3/c1-8(2)10-11(16(17)18)12(15(5)14-10)19-7-6-13-9(3)4/h8-9,13H,6-7H2,1-5H3. The highest BCUT2D eigenvalue weighted by atomic mass is 16.6. The quantitative estimate of drug-likeness (QED) is 0.464. The molecule has 7 nitrogen and oxygen atoms in total. The summed E-state index contributed by atoms with van der Waals surface area (Å²) in [7, 11) is 1.66. The highest BCUT2D eigenvalue weighted by Gasteiger charge is 2.29. The van der Waals surface area contributed by atoms with Crippen molar-refractivity contribution in [3.63, 3.8) is 0 Å². The molecule has 0 unspecified atom stereocenters. The largest absolute Gasteiger partial charge is 0.472 e. The molecule has 0 aliphatic heterocycles. The monoisotopic (exact) mass is 270 g/mol. The third-order valence-corrected chi connectivity index (χ3v) is 2.62. The van der Waals surface area contributed by atoms with E-state index in [0.29, 0.717) is 24.9 Å². The number of nitrogens with zero attached hydrogens (tertiary/aromatic N) is 3. The highest BCUT2D eigenvalue weighted by molar-refractivity contribution is 5.47. The van der Waals surface area contributed by atoms with Crippen LogP contribution in [0.1, 0.15) is 39.3 Å². The lowest BCUT2D eigenvalue weighted by Crippen LogP contribution is -2.27. The molecule has 19 heavy (non-hydrogen) atoms. The minimum atomic E-state index is -0.423. The summed E-state index contributed by atoms with van der Waals surface area (Å²) in [5, 5.41) is 18.5. The first-order valence-corrected chi connectivity index (χ1v) is 6.42. The van der Waals surface area contributed by atoms with E-state index in [4.69, 9.17) is 4.74 Å². The van der Waals surface area contributed by atoms with Gasteiger partial charge in [0.05, 0.1) is 4.92 Å². The van der Waals surface area contributed by atoms with E-state index < -0.39 is 4.92 Å². The first kappa shape index (κ1) is 15.4. The molecule has 7 heteroatoms. The Morgan fingerprint density at radius 1 is 1.42 bits per heavy atom. The van der Waals surface area contributed by atoms with E-state index in [1.807, 2.05) is 27.7 Å². The molecular formula is C12H22N4O3. The number of nitro groups is 1. The third-order valence-electron chi connectivity index (χ3n) is 2.62. The van der Waals surface area contributed by atoms with Gasteiger partial charge in [0.15, 0.2) is 0 Å². The van der Waals surface area contributed by atoms with Crippen molar-refractivity contribution < 1.29 is 9.66 Å². The molecular weight excluding hydrogens is 248 g/mol. The molecule has 0 saturated heterocycles. The summed E-state index contributed by atoms with van der Waals surface area (Å²) in [4.78, 5) is 10.7. The van der Waals surface area contributed by atoms with E-state index in [0.717, 1.165) is 0 Å². The zero-order valence-corrected chi connectivity index (χ0v) is 12.1.